The Morgan fingerprint density at radius 1 is 1.17 bits per heavy atom. The van der Waals surface area contributed by atoms with E-state index in [0.717, 1.165) is 24.9 Å². The van der Waals surface area contributed by atoms with Gasteiger partial charge in [0.25, 0.3) is 0 Å². The molecule has 1 aromatic rings. The molecule has 1 aliphatic rings. The summed E-state index contributed by atoms with van der Waals surface area (Å²) in [6.45, 7) is 3.29. The van der Waals surface area contributed by atoms with Gasteiger partial charge in [0.05, 0.1) is 21.3 Å². The van der Waals surface area contributed by atoms with Crippen molar-refractivity contribution in [3.8, 4) is 17.2 Å². The van der Waals surface area contributed by atoms with Crippen LogP contribution in [-0.4, -0.2) is 44.8 Å². The molecule has 0 bridgehead atoms. The lowest BCUT2D eigenvalue weighted by molar-refractivity contribution is 0.157. The Labute approximate surface area is 137 Å². The molecule has 2 rings (SSSR count). The highest BCUT2D eigenvalue weighted by atomic mass is 16.5. The molecule has 6 nitrogen and oxygen atoms in total. The van der Waals surface area contributed by atoms with Gasteiger partial charge in [-0.3, -0.25) is 0 Å². The number of carbonyl (C=O) groups excluding carboxylic acids is 1. The summed E-state index contributed by atoms with van der Waals surface area (Å²) in [5.41, 5.74) is 0.850. The fourth-order valence-corrected chi connectivity index (χ4v) is 2.97. The van der Waals surface area contributed by atoms with E-state index < -0.39 is 0 Å². The fourth-order valence-electron chi connectivity index (χ4n) is 2.97. The highest BCUT2D eigenvalue weighted by Gasteiger charge is 2.23. The molecule has 0 aliphatic carbocycles. The molecule has 23 heavy (non-hydrogen) atoms. The summed E-state index contributed by atoms with van der Waals surface area (Å²) in [5, 5.41) is 2.97. The van der Waals surface area contributed by atoms with Crippen molar-refractivity contribution >= 4 is 6.03 Å². The maximum absolute atomic E-state index is 12.4. The first-order valence-electron chi connectivity index (χ1n) is 7.94. The number of nitrogens with zero attached hydrogens (tertiary/aromatic N) is 1. The van der Waals surface area contributed by atoms with Gasteiger partial charge in [-0.25, -0.2) is 4.79 Å². The van der Waals surface area contributed by atoms with Crippen LogP contribution >= 0.6 is 0 Å². The zero-order valence-corrected chi connectivity index (χ0v) is 14.3. The van der Waals surface area contributed by atoms with E-state index in [1.807, 2.05) is 17.0 Å². The first-order chi connectivity index (χ1) is 11.1. The monoisotopic (exact) mass is 322 g/mol. The lowest BCUT2D eigenvalue weighted by Crippen LogP contribution is -2.47. The number of piperidine rings is 1. The van der Waals surface area contributed by atoms with E-state index in [1.165, 1.54) is 6.42 Å². The molecule has 2 amide bonds. The Bertz CT molecular complexity index is 548. The molecule has 128 valence electrons. The average molecular weight is 322 g/mol. The molecule has 1 N–H and O–H groups in total. The highest BCUT2D eigenvalue weighted by molar-refractivity contribution is 5.74. The van der Waals surface area contributed by atoms with Crippen molar-refractivity contribution in [3.63, 3.8) is 0 Å². The van der Waals surface area contributed by atoms with Gasteiger partial charge in [-0.1, -0.05) is 0 Å². The molecule has 0 saturated carbocycles. The van der Waals surface area contributed by atoms with Crippen LogP contribution < -0.4 is 19.5 Å². The van der Waals surface area contributed by atoms with Gasteiger partial charge in [-0.2, -0.15) is 0 Å². The summed E-state index contributed by atoms with van der Waals surface area (Å²) in [4.78, 5) is 14.3. The van der Waals surface area contributed by atoms with Crippen LogP contribution in [0, 0.1) is 0 Å². The number of ether oxygens (including phenoxy) is 3. The van der Waals surface area contributed by atoms with Gasteiger partial charge < -0.3 is 24.4 Å². The van der Waals surface area contributed by atoms with Crippen molar-refractivity contribution in [2.75, 3.05) is 27.9 Å². The van der Waals surface area contributed by atoms with Gasteiger partial charge in [0, 0.05) is 24.7 Å². The lowest BCUT2D eigenvalue weighted by Gasteiger charge is -2.33. The van der Waals surface area contributed by atoms with E-state index in [4.69, 9.17) is 14.2 Å². The van der Waals surface area contributed by atoms with Gasteiger partial charge in [-0.05, 0) is 38.3 Å². The second kappa shape index (κ2) is 7.94. The van der Waals surface area contributed by atoms with Crippen LogP contribution in [0.1, 0.15) is 31.7 Å². The fraction of sp³-hybridized carbons (Fsp3) is 0.588. The Balaban J connectivity index is 2.09. The van der Waals surface area contributed by atoms with E-state index in [2.05, 4.69) is 12.2 Å². The number of methoxy groups -OCH3 is 3. The van der Waals surface area contributed by atoms with Crippen LogP contribution in [0.3, 0.4) is 0 Å². The average Bonchev–Trinajstić information content (AvgIpc) is 2.58. The molecule has 1 fully saturated rings. The standard InChI is InChI=1S/C17H26N2O4/c1-12-7-5-6-10-19(12)17(20)18-11-13-8-9-14(21-2)16(23-4)15(13)22-3/h8-9,12H,5-7,10-11H2,1-4H3,(H,18,20)/t12-/m0/s1. The molecule has 1 saturated heterocycles. The molecule has 0 radical (unpaired) electrons. The predicted molar refractivity (Wildman–Crippen MR) is 88.4 cm³/mol. The lowest BCUT2D eigenvalue weighted by atomic mass is 10.0. The van der Waals surface area contributed by atoms with Gasteiger partial charge in [0.2, 0.25) is 5.75 Å². The van der Waals surface area contributed by atoms with Gasteiger partial charge in [-0.15, -0.1) is 0 Å². The number of hydrogen-bond donors (Lipinski definition) is 1. The van der Waals surface area contributed by atoms with Crippen LogP contribution in [-0.2, 0) is 6.54 Å². The summed E-state index contributed by atoms with van der Waals surface area (Å²) in [6, 6.07) is 3.94. The smallest absolute Gasteiger partial charge is 0.317 e. The van der Waals surface area contributed by atoms with E-state index in [1.54, 1.807) is 21.3 Å². The van der Waals surface area contributed by atoms with Crippen molar-refractivity contribution in [2.24, 2.45) is 0 Å². The molecule has 1 heterocycles. The third kappa shape index (κ3) is 3.81. The second-order valence-corrected chi connectivity index (χ2v) is 5.69. The number of rotatable bonds is 5. The summed E-state index contributed by atoms with van der Waals surface area (Å²) >= 11 is 0. The largest absolute Gasteiger partial charge is 0.493 e. The Hall–Kier alpha value is -2.11. The summed E-state index contributed by atoms with van der Waals surface area (Å²) in [7, 11) is 4.73. The van der Waals surface area contributed by atoms with E-state index >= 15 is 0 Å². The summed E-state index contributed by atoms with van der Waals surface area (Å²) < 4.78 is 16.1. The van der Waals surface area contributed by atoms with Gasteiger partial charge in [0.15, 0.2) is 11.5 Å². The van der Waals surface area contributed by atoms with Crippen molar-refractivity contribution in [3.05, 3.63) is 17.7 Å². The minimum absolute atomic E-state index is 0.0333. The molecule has 6 heteroatoms. The molecule has 1 aromatic carbocycles. The number of carbonyl (C=O) groups is 1. The minimum atomic E-state index is -0.0333. The number of hydrogen-bond acceptors (Lipinski definition) is 4. The maximum Gasteiger partial charge on any atom is 0.317 e. The molecule has 0 aromatic heterocycles. The third-order valence-corrected chi connectivity index (χ3v) is 4.28. The van der Waals surface area contributed by atoms with Crippen molar-refractivity contribution in [2.45, 2.75) is 38.8 Å². The molecule has 0 spiro atoms. The first kappa shape index (κ1) is 17.2. The van der Waals surface area contributed by atoms with Gasteiger partial charge >= 0.3 is 6.03 Å². The van der Waals surface area contributed by atoms with Crippen LogP contribution in [0.5, 0.6) is 17.2 Å². The molecule has 0 unspecified atom stereocenters. The summed E-state index contributed by atoms with van der Waals surface area (Å²) in [6.07, 6.45) is 3.32. The quantitative estimate of drug-likeness (QED) is 0.905. The topological polar surface area (TPSA) is 60.0 Å². The summed E-state index contributed by atoms with van der Waals surface area (Å²) in [5.74, 6) is 1.72. The highest BCUT2D eigenvalue weighted by Crippen LogP contribution is 2.39. The second-order valence-electron chi connectivity index (χ2n) is 5.69. The van der Waals surface area contributed by atoms with E-state index in [0.29, 0.717) is 23.8 Å². The van der Waals surface area contributed by atoms with Crippen LogP contribution in [0.25, 0.3) is 0 Å². The maximum atomic E-state index is 12.4. The van der Waals surface area contributed by atoms with Crippen molar-refractivity contribution < 1.29 is 19.0 Å². The zero-order chi connectivity index (χ0) is 16.8. The molecular formula is C17H26N2O4. The van der Waals surface area contributed by atoms with Crippen LogP contribution in [0.2, 0.25) is 0 Å². The molecule has 1 atom stereocenters. The number of urea groups is 1. The number of likely N-dealkylation sites (tertiary alicyclic amines) is 1. The third-order valence-electron chi connectivity index (χ3n) is 4.28. The number of amides is 2. The first-order valence-corrected chi connectivity index (χ1v) is 7.94. The van der Waals surface area contributed by atoms with E-state index in [-0.39, 0.29) is 12.1 Å². The zero-order valence-electron chi connectivity index (χ0n) is 14.3. The van der Waals surface area contributed by atoms with Crippen molar-refractivity contribution in [1.29, 1.82) is 0 Å². The predicted octanol–water partition coefficient (Wildman–Crippen LogP) is 2.80. The van der Waals surface area contributed by atoms with Crippen LogP contribution in [0.4, 0.5) is 4.79 Å². The van der Waals surface area contributed by atoms with Crippen LogP contribution in [0.15, 0.2) is 12.1 Å². The van der Waals surface area contributed by atoms with Gasteiger partial charge in [0.1, 0.15) is 0 Å². The Kier molecular flexibility index (Phi) is 5.96. The van der Waals surface area contributed by atoms with Crippen molar-refractivity contribution in [1.82, 2.24) is 10.2 Å². The molecule has 1 aliphatic heterocycles. The SMILES string of the molecule is COc1ccc(CNC(=O)N2CCCC[C@@H]2C)c(OC)c1OC. The Morgan fingerprint density at radius 2 is 1.91 bits per heavy atom. The number of benzene rings is 1. The Morgan fingerprint density at radius 3 is 2.52 bits per heavy atom. The normalized spacial score (nSPS) is 17.6. The van der Waals surface area contributed by atoms with E-state index in [9.17, 15) is 4.79 Å². The number of nitrogens with one attached hydrogen (secondary N) is 1. The molecular weight excluding hydrogens is 296 g/mol. The minimum Gasteiger partial charge on any atom is -0.493 e.